The molecule has 1 amide bonds. The minimum Gasteiger partial charge on any atom is -0.454 e. The first-order valence-corrected chi connectivity index (χ1v) is 10.1. The normalized spacial score (nSPS) is 13.6. The first kappa shape index (κ1) is 18.4. The molecule has 7 heteroatoms. The first-order valence-electron chi connectivity index (χ1n) is 7.73. The molecule has 2 aromatic rings. The molecule has 0 bridgehead atoms. The van der Waals surface area contributed by atoms with Gasteiger partial charge in [0.05, 0.1) is 11.8 Å². The Labute approximate surface area is 164 Å². The number of amides is 1. The van der Waals surface area contributed by atoms with Crippen LogP contribution in [0.25, 0.3) is 0 Å². The molecular formula is C18H17BrClNO3S. The number of thioether (sulfide) groups is 1. The van der Waals surface area contributed by atoms with Crippen molar-refractivity contribution in [2.75, 3.05) is 12.5 Å². The second-order valence-corrected chi connectivity index (χ2v) is 7.91. The smallest absolute Gasteiger partial charge is 0.231 e. The van der Waals surface area contributed by atoms with E-state index in [2.05, 4.69) is 21.2 Å². The van der Waals surface area contributed by atoms with Crippen molar-refractivity contribution in [2.24, 2.45) is 0 Å². The third-order valence-corrected chi connectivity index (χ3v) is 5.75. The van der Waals surface area contributed by atoms with E-state index in [1.807, 2.05) is 43.3 Å². The van der Waals surface area contributed by atoms with E-state index in [9.17, 15) is 4.79 Å². The average molecular weight is 443 g/mol. The highest BCUT2D eigenvalue weighted by atomic mass is 79.9. The third-order valence-electron chi connectivity index (χ3n) is 3.78. The van der Waals surface area contributed by atoms with Crippen molar-refractivity contribution in [3.05, 3.63) is 57.0 Å². The summed E-state index contributed by atoms with van der Waals surface area (Å²) in [7, 11) is 0. The van der Waals surface area contributed by atoms with Gasteiger partial charge in [-0.05, 0) is 42.3 Å². The molecule has 0 saturated carbocycles. The van der Waals surface area contributed by atoms with E-state index < -0.39 is 0 Å². The summed E-state index contributed by atoms with van der Waals surface area (Å²) in [6, 6.07) is 11.3. The lowest BCUT2D eigenvalue weighted by molar-refractivity contribution is -0.119. The zero-order chi connectivity index (χ0) is 17.8. The summed E-state index contributed by atoms with van der Waals surface area (Å²) in [5.74, 6) is 2.60. The summed E-state index contributed by atoms with van der Waals surface area (Å²) in [5.41, 5.74) is 2.11. The summed E-state index contributed by atoms with van der Waals surface area (Å²) < 4.78 is 11.7. The molecule has 0 radical (unpaired) electrons. The molecule has 1 heterocycles. The molecule has 25 heavy (non-hydrogen) atoms. The monoisotopic (exact) mass is 441 g/mol. The van der Waals surface area contributed by atoms with Crippen LogP contribution in [0.15, 0.2) is 40.9 Å². The lowest BCUT2D eigenvalue weighted by Crippen LogP contribution is -2.28. The Kier molecular flexibility index (Phi) is 6.15. The Morgan fingerprint density at radius 3 is 2.68 bits per heavy atom. The lowest BCUT2D eigenvalue weighted by atomic mass is 10.1. The molecular weight excluding hydrogens is 426 g/mol. The lowest BCUT2D eigenvalue weighted by Gasteiger charge is -2.14. The van der Waals surface area contributed by atoms with Crippen LogP contribution in [0.3, 0.4) is 0 Å². The molecule has 2 aromatic carbocycles. The molecule has 0 unspecified atom stereocenters. The fraction of sp³-hybridized carbons (Fsp3) is 0.278. The largest absolute Gasteiger partial charge is 0.454 e. The molecule has 0 fully saturated rings. The summed E-state index contributed by atoms with van der Waals surface area (Å²) in [5, 5.41) is 3.69. The number of carbonyl (C=O) groups excluding carboxylic acids is 1. The maximum atomic E-state index is 12.1. The van der Waals surface area contributed by atoms with E-state index in [0.717, 1.165) is 27.1 Å². The Balaban J connectivity index is 1.49. The van der Waals surface area contributed by atoms with E-state index in [-0.39, 0.29) is 18.7 Å². The van der Waals surface area contributed by atoms with E-state index in [1.54, 1.807) is 11.8 Å². The zero-order valence-corrected chi connectivity index (χ0v) is 16.7. The Bertz CT molecular complexity index is 770. The number of hydrogen-bond donors (Lipinski definition) is 1. The molecule has 0 aromatic heterocycles. The number of benzene rings is 2. The maximum Gasteiger partial charge on any atom is 0.231 e. The highest BCUT2D eigenvalue weighted by Crippen LogP contribution is 2.38. The number of rotatable bonds is 6. The van der Waals surface area contributed by atoms with Crippen LogP contribution in [-0.2, 0) is 10.5 Å². The highest BCUT2D eigenvalue weighted by molar-refractivity contribution is 9.10. The van der Waals surface area contributed by atoms with Crippen molar-refractivity contribution in [1.82, 2.24) is 5.32 Å². The molecule has 3 rings (SSSR count). The van der Waals surface area contributed by atoms with Crippen LogP contribution in [-0.4, -0.2) is 18.5 Å². The van der Waals surface area contributed by atoms with Gasteiger partial charge >= 0.3 is 0 Å². The number of carbonyl (C=O) groups is 1. The van der Waals surface area contributed by atoms with Crippen molar-refractivity contribution in [3.8, 4) is 11.5 Å². The number of ether oxygens (including phenoxy) is 2. The Hall–Kier alpha value is -1.37. The van der Waals surface area contributed by atoms with Crippen LogP contribution < -0.4 is 14.8 Å². The summed E-state index contributed by atoms with van der Waals surface area (Å²) >= 11 is 11.0. The second-order valence-electron chi connectivity index (χ2n) is 5.63. The van der Waals surface area contributed by atoms with Crippen molar-refractivity contribution < 1.29 is 14.3 Å². The Morgan fingerprint density at radius 1 is 1.28 bits per heavy atom. The fourth-order valence-electron chi connectivity index (χ4n) is 2.44. The quantitative estimate of drug-likeness (QED) is 0.688. The molecule has 0 aliphatic carbocycles. The van der Waals surface area contributed by atoms with Crippen molar-refractivity contribution in [3.63, 3.8) is 0 Å². The van der Waals surface area contributed by atoms with Gasteiger partial charge < -0.3 is 14.8 Å². The van der Waals surface area contributed by atoms with Crippen molar-refractivity contribution >= 4 is 45.2 Å². The molecule has 1 aliphatic rings. The summed E-state index contributed by atoms with van der Waals surface area (Å²) in [6.45, 7) is 2.21. The second kappa shape index (κ2) is 8.34. The van der Waals surface area contributed by atoms with E-state index in [0.29, 0.717) is 16.5 Å². The van der Waals surface area contributed by atoms with Gasteiger partial charge in [0.25, 0.3) is 0 Å². The van der Waals surface area contributed by atoms with E-state index in [4.69, 9.17) is 21.1 Å². The fourth-order valence-corrected chi connectivity index (χ4v) is 4.05. The van der Waals surface area contributed by atoms with Crippen LogP contribution >= 0.6 is 39.3 Å². The predicted molar refractivity (Wildman–Crippen MR) is 104 cm³/mol. The van der Waals surface area contributed by atoms with Gasteiger partial charge in [0, 0.05) is 15.2 Å². The third kappa shape index (κ3) is 4.84. The Morgan fingerprint density at radius 2 is 1.96 bits per heavy atom. The number of nitrogens with one attached hydrogen (secondary N) is 1. The topological polar surface area (TPSA) is 47.6 Å². The molecule has 0 spiro atoms. The predicted octanol–water partition coefficient (Wildman–Crippen LogP) is 4.94. The SMILES string of the molecule is C[C@@H](NC(=O)CSCc1cc2c(cc1Br)OCO2)c1ccc(Cl)cc1. The van der Waals surface area contributed by atoms with Crippen molar-refractivity contribution in [2.45, 2.75) is 18.7 Å². The van der Waals surface area contributed by atoms with Crippen molar-refractivity contribution in [1.29, 1.82) is 0 Å². The highest BCUT2D eigenvalue weighted by Gasteiger charge is 2.16. The minimum atomic E-state index is -0.0531. The average Bonchev–Trinajstić information content (AvgIpc) is 3.02. The minimum absolute atomic E-state index is 0.00400. The van der Waals surface area contributed by atoms with Gasteiger partial charge in [-0.1, -0.05) is 39.7 Å². The van der Waals surface area contributed by atoms with Crippen LogP contribution in [0.2, 0.25) is 5.02 Å². The van der Waals surface area contributed by atoms with E-state index >= 15 is 0 Å². The number of fused-ring (bicyclic) bond motifs is 1. The van der Waals surface area contributed by atoms with Crippen LogP contribution in [0, 0.1) is 0 Å². The zero-order valence-electron chi connectivity index (χ0n) is 13.6. The van der Waals surface area contributed by atoms with Gasteiger partial charge in [0.2, 0.25) is 12.7 Å². The van der Waals surface area contributed by atoms with Gasteiger partial charge in [-0.15, -0.1) is 11.8 Å². The first-order chi connectivity index (χ1) is 12.0. The van der Waals surface area contributed by atoms with Crippen LogP contribution in [0.5, 0.6) is 11.5 Å². The standard InChI is InChI=1S/C18H17BrClNO3S/c1-11(12-2-4-14(20)5-3-12)21-18(22)9-25-8-13-6-16-17(7-15(13)19)24-10-23-16/h2-7,11H,8-10H2,1H3,(H,21,22)/t11-/m1/s1. The molecule has 1 aliphatic heterocycles. The molecule has 0 saturated heterocycles. The summed E-state index contributed by atoms with van der Waals surface area (Å²) in [6.07, 6.45) is 0. The van der Waals surface area contributed by atoms with Crippen LogP contribution in [0.4, 0.5) is 0 Å². The number of halogens is 2. The van der Waals surface area contributed by atoms with Gasteiger partial charge in [-0.3, -0.25) is 4.79 Å². The molecule has 4 nitrogen and oxygen atoms in total. The molecule has 132 valence electrons. The van der Waals surface area contributed by atoms with Gasteiger partial charge in [0.15, 0.2) is 11.5 Å². The molecule has 1 atom stereocenters. The van der Waals surface area contributed by atoms with Gasteiger partial charge in [-0.2, -0.15) is 0 Å². The number of hydrogen-bond acceptors (Lipinski definition) is 4. The van der Waals surface area contributed by atoms with E-state index in [1.165, 1.54) is 0 Å². The molecule has 1 N–H and O–H groups in total. The maximum absolute atomic E-state index is 12.1. The van der Waals surface area contributed by atoms with Gasteiger partial charge in [0.1, 0.15) is 0 Å². The summed E-state index contributed by atoms with van der Waals surface area (Å²) in [4.78, 5) is 12.1. The van der Waals surface area contributed by atoms with Crippen LogP contribution in [0.1, 0.15) is 24.1 Å². The van der Waals surface area contributed by atoms with Gasteiger partial charge in [-0.25, -0.2) is 0 Å².